The molecule has 10 heteroatoms. The van der Waals surface area contributed by atoms with E-state index in [4.69, 9.17) is 14.6 Å². The highest BCUT2D eigenvalue weighted by Gasteiger charge is 2.42. The van der Waals surface area contributed by atoms with E-state index in [1.165, 1.54) is 19.2 Å². The number of Topliss-reactive ketones (excluding diaryl/α,β-unsaturated/α-hetero) is 1. The van der Waals surface area contributed by atoms with E-state index in [0.717, 1.165) is 10.5 Å². The molecule has 4 N–H and O–H groups in total. The van der Waals surface area contributed by atoms with Gasteiger partial charge in [-0.3, -0.25) is 14.4 Å². The van der Waals surface area contributed by atoms with Gasteiger partial charge in [0.15, 0.2) is 12.1 Å². The Morgan fingerprint density at radius 3 is 2.11 bits per heavy atom. The molecule has 2 heterocycles. The Morgan fingerprint density at radius 1 is 1.00 bits per heavy atom. The monoisotopic (exact) mass is 613 g/mol. The van der Waals surface area contributed by atoms with Crippen molar-refractivity contribution >= 4 is 17.7 Å². The van der Waals surface area contributed by atoms with Gasteiger partial charge in [-0.25, -0.2) is 0 Å². The van der Waals surface area contributed by atoms with Gasteiger partial charge >= 0.3 is 5.97 Å². The first kappa shape index (κ1) is 36.6. The van der Waals surface area contributed by atoms with Crippen molar-refractivity contribution in [2.75, 3.05) is 7.05 Å². The SMILES string of the molecule is CC(/C=C\C=C/C=C/C=C/C=C/C(O)=C1\C(=O)[C@@H](CCC(=O)O)N(C)C1=O)=C\[C@@H](C)[C@@H](O[C@H]1C[C@@H](O)[C@@H](O)[C@@H](C)O1)C(C)C. The summed E-state index contributed by atoms with van der Waals surface area (Å²) >= 11 is 0. The molecule has 10 nitrogen and oxygen atoms in total. The normalized spacial score (nSPS) is 28.2. The highest BCUT2D eigenvalue weighted by Crippen LogP contribution is 2.28. The fourth-order valence-electron chi connectivity index (χ4n) is 5.15. The van der Waals surface area contributed by atoms with Crippen LogP contribution in [0.5, 0.6) is 0 Å². The number of carbonyl (C=O) groups excluding carboxylic acids is 2. The summed E-state index contributed by atoms with van der Waals surface area (Å²) in [7, 11) is 1.41. The molecule has 7 atom stereocenters. The van der Waals surface area contributed by atoms with Crippen molar-refractivity contribution in [1.29, 1.82) is 0 Å². The van der Waals surface area contributed by atoms with E-state index in [-0.39, 0.29) is 42.8 Å². The van der Waals surface area contributed by atoms with Crippen molar-refractivity contribution in [1.82, 2.24) is 4.90 Å². The molecule has 0 aromatic rings. The van der Waals surface area contributed by atoms with Crippen LogP contribution in [0.15, 0.2) is 83.7 Å². The first-order valence-corrected chi connectivity index (χ1v) is 14.9. The molecule has 2 rings (SSSR count). The lowest BCUT2D eigenvalue weighted by molar-refractivity contribution is -0.267. The molecule has 0 unspecified atom stereocenters. The average molecular weight is 614 g/mol. The maximum Gasteiger partial charge on any atom is 0.303 e. The highest BCUT2D eigenvalue weighted by atomic mass is 16.7. The number of likely N-dealkylation sites (tertiary alicyclic amines) is 1. The number of amides is 1. The lowest BCUT2D eigenvalue weighted by Crippen LogP contribution is -2.49. The second-order valence-electron chi connectivity index (χ2n) is 11.5. The molecule has 0 aromatic carbocycles. The Morgan fingerprint density at radius 2 is 1.57 bits per heavy atom. The molecular weight excluding hydrogens is 566 g/mol. The molecule has 0 bridgehead atoms. The molecular formula is C34H47NO9. The van der Waals surface area contributed by atoms with Crippen LogP contribution >= 0.6 is 0 Å². The third-order valence-electron chi connectivity index (χ3n) is 7.52. The molecule has 2 aliphatic heterocycles. The molecule has 0 saturated carbocycles. The van der Waals surface area contributed by atoms with Gasteiger partial charge in [0.1, 0.15) is 17.4 Å². The average Bonchev–Trinajstić information content (AvgIpc) is 3.16. The lowest BCUT2D eigenvalue weighted by atomic mass is 9.92. The summed E-state index contributed by atoms with van der Waals surface area (Å²) in [6, 6.07) is -0.894. The number of allylic oxidation sites excluding steroid dienone is 11. The predicted molar refractivity (Wildman–Crippen MR) is 167 cm³/mol. The van der Waals surface area contributed by atoms with Crippen molar-refractivity contribution in [2.45, 2.75) is 90.6 Å². The number of ether oxygens (including phenoxy) is 2. The van der Waals surface area contributed by atoms with Crippen LogP contribution < -0.4 is 0 Å². The third-order valence-corrected chi connectivity index (χ3v) is 7.52. The number of nitrogens with zero attached hydrogens (tertiary/aromatic N) is 1. The minimum atomic E-state index is -1.06. The number of hydrogen-bond donors (Lipinski definition) is 4. The van der Waals surface area contributed by atoms with Crippen LogP contribution in [-0.2, 0) is 23.9 Å². The second kappa shape index (κ2) is 17.7. The molecule has 0 radical (unpaired) electrons. The van der Waals surface area contributed by atoms with Gasteiger partial charge in [0.2, 0.25) is 0 Å². The van der Waals surface area contributed by atoms with Crippen LogP contribution in [0.4, 0.5) is 0 Å². The molecule has 2 aliphatic rings. The first-order valence-electron chi connectivity index (χ1n) is 14.9. The van der Waals surface area contributed by atoms with Crippen molar-refractivity contribution < 1.29 is 44.3 Å². The maximum absolute atomic E-state index is 12.5. The van der Waals surface area contributed by atoms with Gasteiger partial charge in [-0.05, 0) is 32.3 Å². The fraction of sp³-hybridized carbons (Fsp3) is 0.500. The number of hydrogen-bond acceptors (Lipinski definition) is 8. The van der Waals surface area contributed by atoms with Crippen molar-refractivity contribution in [2.24, 2.45) is 11.8 Å². The van der Waals surface area contributed by atoms with E-state index in [1.807, 2.05) is 37.3 Å². The van der Waals surface area contributed by atoms with E-state index in [2.05, 4.69) is 26.8 Å². The number of carboxylic acids is 1. The zero-order valence-corrected chi connectivity index (χ0v) is 26.4. The minimum absolute atomic E-state index is 0.0119. The molecule has 242 valence electrons. The molecule has 44 heavy (non-hydrogen) atoms. The van der Waals surface area contributed by atoms with E-state index in [9.17, 15) is 29.7 Å². The van der Waals surface area contributed by atoms with E-state index in [0.29, 0.717) is 0 Å². The quantitative estimate of drug-likeness (QED) is 0.0970. The van der Waals surface area contributed by atoms with Crippen LogP contribution in [0.1, 0.15) is 53.9 Å². The molecule has 2 saturated heterocycles. The van der Waals surface area contributed by atoms with Crippen molar-refractivity contribution in [3.8, 4) is 0 Å². The number of aliphatic hydroxyl groups is 3. The number of aliphatic hydroxyl groups excluding tert-OH is 3. The van der Waals surface area contributed by atoms with Gasteiger partial charge in [-0.2, -0.15) is 0 Å². The van der Waals surface area contributed by atoms with E-state index in [1.54, 1.807) is 25.2 Å². The maximum atomic E-state index is 12.5. The number of rotatable bonds is 14. The van der Waals surface area contributed by atoms with Gasteiger partial charge in [-0.15, -0.1) is 0 Å². The predicted octanol–water partition coefficient (Wildman–Crippen LogP) is 4.33. The number of ketones is 1. The Kier molecular flexibility index (Phi) is 14.7. The molecule has 0 spiro atoms. The summed E-state index contributed by atoms with van der Waals surface area (Å²) in [5, 5.41) is 39.1. The fourth-order valence-corrected chi connectivity index (χ4v) is 5.15. The smallest absolute Gasteiger partial charge is 0.303 e. The van der Waals surface area contributed by atoms with E-state index < -0.39 is 54.1 Å². The van der Waals surface area contributed by atoms with Crippen LogP contribution in [0, 0.1) is 11.8 Å². The zero-order valence-electron chi connectivity index (χ0n) is 26.4. The Hall–Kier alpha value is -3.57. The Labute approximate surface area is 260 Å². The van der Waals surface area contributed by atoms with Crippen LogP contribution in [0.25, 0.3) is 0 Å². The Bertz CT molecular complexity index is 1210. The largest absolute Gasteiger partial charge is 0.507 e. The van der Waals surface area contributed by atoms with Gasteiger partial charge in [0, 0.05) is 25.8 Å². The summed E-state index contributed by atoms with van der Waals surface area (Å²) < 4.78 is 12.0. The van der Waals surface area contributed by atoms with Crippen molar-refractivity contribution in [3.63, 3.8) is 0 Å². The summed E-state index contributed by atoms with van der Waals surface area (Å²) in [5.41, 5.74) is 0.726. The van der Waals surface area contributed by atoms with Crippen LogP contribution in [-0.4, -0.2) is 86.8 Å². The Balaban J connectivity index is 1.87. The molecule has 0 aromatic heterocycles. The number of carboxylic acid groups (broad SMARTS) is 1. The van der Waals surface area contributed by atoms with Gasteiger partial charge in [0.05, 0.1) is 24.4 Å². The molecule has 0 aliphatic carbocycles. The second-order valence-corrected chi connectivity index (χ2v) is 11.5. The summed E-state index contributed by atoms with van der Waals surface area (Å²) in [5.74, 6) is -2.43. The standard InChI is InChI=1S/C34H47NO9/c1-21(2)33(44-29-20-27(37)31(40)24(5)43-29)23(4)19-22(3)15-13-11-9-7-8-10-12-14-16-26(36)30-32(41)25(17-18-28(38)39)35(6)34(30)42/h7-16,19,21,23-25,27,29,31,33,36-37,40H,17-18,20H2,1-6H3,(H,38,39)/b8-7+,11-9-,12-10+,15-13-,16-14+,22-19+,30-26-/t23-,24-,25-,27-,29+,31+,33+/m1/s1. The van der Waals surface area contributed by atoms with Crippen LogP contribution in [0.2, 0.25) is 0 Å². The number of likely N-dealkylation sites (N-methyl/N-ethyl adjacent to an activating group) is 1. The number of aliphatic carboxylic acids is 1. The minimum Gasteiger partial charge on any atom is -0.507 e. The van der Waals surface area contributed by atoms with Crippen LogP contribution in [0.3, 0.4) is 0 Å². The number of carbonyl (C=O) groups is 3. The summed E-state index contributed by atoms with van der Waals surface area (Å²) in [6.45, 7) is 9.97. The molecule has 2 fully saturated rings. The van der Waals surface area contributed by atoms with Gasteiger partial charge in [-0.1, -0.05) is 87.1 Å². The summed E-state index contributed by atoms with van der Waals surface area (Å²) in [6.07, 6.45) is 16.4. The molecule has 1 amide bonds. The highest BCUT2D eigenvalue weighted by molar-refractivity contribution is 6.27. The van der Waals surface area contributed by atoms with Crippen molar-refractivity contribution in [3.05, 3.63) is 83.7 Å². The van der Waals surface area contributed by atoms with Gasteiger partial charge < -0.3 is 34.8 Å². The third kappa shape index (κ3) is 10.9. The lowest BCUT2D eigenvalue weighted by Gasteiger charge is -2.38. The summed E-state index contributed by atoms with van der Waals surface area (Å²) in [4.78, 5) is 36.9. The topological polar surface area (TPSA) is 154 Å². The van der Waals surface area contributed by atoms with E-state index >= 15 is 0 Å². The zero-order chi connectivity index (χ0) is 33.0. The first-order chi connectivity index (χ1) is 20.7. The van der Waals surface area contributed by atoms with Gasteiger partial charge in [0.25, 0.3) is 5.91 Å².